The molecule has 0 nitrogen and oxygen atoms in total. The first-order chi connectivity index (χ1) is 17.1. The van der Waals surface area contributed by atoms with Crippen molar-refractivity contribution in [3.63, 3.8) is 0 Å². The van der Waals surface area contributed by atoms with Crippen LogP contribution in [0.3, 0.4) is 0 Å². The van der Waals surface area contributed by atoms with Gasteiger partial charge in [-0.25, -0.2) is 8.78 Å². The molecule has 3 aliphatic rings. The van der Waals surface area contributed by atoms with Crippen LogP contribution in [0.15, 0.2) is 24.3 Å². The molecule has 3 saturated carbocycles. The fraction of sp³-hybridized carbons (Fsp3) is 0.758. The van der Waals surface area contributed by atoms with Crippen LogP contribution in [0.2, 0.25) is 0 Å². The SMILES string of the molecule is C/C=C/CCc1ccc(C2CCC(C3CCC4CC(CCCCCC)CCC4C3)CC2)c(F)c1F. The highest BCUT2D eigenvalue weighted by Gasteiger charge is 2.39. The molecule has 0 aliphatic heterocycles. The van der Waals surface area contributed by atoms with Crippen LogP contribution >= 0.6 is 0 Å². The molecule has 3 fully saturated rings. The zero-order valence-electron chi connectivity index (χ0n) is 22.6. The standard InChI is InChI=1S/C33H50F2/c1-3-5-7-9-10-24-12-13-30-23-29(19-18-28(30)22-24)25-14-16-26(17-15-25)31-21-20-27(11-8-6-4-2)32(34)33(31)35/h4,6,20-21,24-26,28-30H,3,5,7-19,22-23H2,1-2H3/b6-4+. The van der Waals surface area contributed by atoms with E-state index in [1.54, 1.807) is 0 Å². The number of hydrogen-bond donors (Lipinski definition) is 0. The summed E-state index contributed by atoms with van der Waals surface area (Å²) in [6.45, 7) is 4.27. The summed E-state index contributed by atoms with van der Waals surface area (Å²) >= 11 is 0. The van der Waals surface area contributed by atoms with Gasteiger partial charge >= 0.3 is 0 Å². The predicted octanol–water partition coefficient (Wildman–Crippen LogP) is 10.6. The van der Waals surface area contributed by atoms with Gasteiger partial charge in [0.15, 0.2) is 11.6 Å². The van der Waals surface area contributed by atoms with E-state index in [4.69, 9.17) is 0 Å². The Balaban J connectivity index is 1.24. The Morgan fingerprint density at radius 1 is 0.771 bits per heavy atom. The van der Waals surface area contributed by atoms with Crippen LogP contribution in [0.4, 0.5) is 8.78 Å². The summed E-state index contributed by atoms with van der Waals surface area (Å²) in [5.74, 6) is 3.69. The number of hydrogen-bond acceptors (Lipinski definition) is 0. The molecule has 0 bridgehead atoms. The summed E-state index contributed by atoms with van der Waals surface area (Å²) in [6, 6.07) is 3.73. The Kier molecular flexibility index (Phi) is 10.3. The molecule has 2 heteroatoms. The largest absolute Gasteiger partial charge is 0.203 e. The van der Waals surface area contributed by atoms with E-state index in [1.807, 2.05) is 31.2 Å². The van der Waals surface area contributed by atoms with Gasteiger partial charge in [0.25, 0.3) is 0 Å². The first kappa shape index (κ1) is 26.9. The van der Waals surface area contributed by atoms with Crippen LogP contribution in [0.1, 0.15) is 134 Å². The van der Waals surface area contributed by atoms with E-state index in [0.29, 0.717) is 17.5 Å². The van der Waals surface area contributed by atoms with E-state index in [9.17, 15) is 8.78 Å². The zero-order valence-corrected chi connectivity index (χ0v) is 22.6. The highest BCUT2D eigenvalue weighted by molar-refractivity contribution is 5.29. The number of halogens is 2. The van der Waals surface area contributed by atoms with Gasteiger partial charge in [0.1, 0.15) is 0 Å². The first-order valence-electron chi connectivity index (χ1n) is 15.2. The number of allylic oxidation sites excluding steroid dienone is 2. The Morgan fingerprint density at radius 3 is 2.20 bits per heavy atom. The Hall–Kier alpha value is -1.18. The van der Waals surface area contributed by atoms with E-state index in [1.165, 1.54) is 83.5 Å². The number of rotatable bonds is 10. The van der Waals surface area contributed by atoms with Crippen molar-refractivity contribution in [3.8, 4) is 0 Å². The van der Waals surface area contributed by atoms with Gasteiger partial charge in [-0.3, -0.25) is 0 Å². The Labute approximate surface area is 214 Å². The molecule has 1 aromatic rings. The van der Waals surface area contributed by atoms with Gasteiger partial charge in [0, 0.05) is 0 Å². The fourth-order valence-electron chi connectivity index (χ4n) is 7.99. The van der Waals surface area contributed by atoms with Crippen molar-refractivity contribution in [3.05, 3.63) is 47.0 Å². The molecule has 4 unspecified atom stereocenters. The minimum absolute atomic E-state index is 0.199. The quantitative estimate of drug-likeness (QED) is 0.229. The van der Waals surface area contributed by atoms with Crippen molar-refractivity contribution >= 4 is 0 Å². The highest BCUT2D eigenvalue weighted by atomic mass is 19.2. The number of fused-ring (bicyclic) bond motifs is 1. The smallest absolute Gasteiger partial charge is 0.162 e. The molecule has 1 aromatic carbocycles. The maximum Gasteiger partial charge on any atom is 0.162 e. The van der Waals surface area contributed by atoms with Crippen molar-refractivity contribution in [1.82, 2.24) is 0 Å². The molecule has 0 spiro atoms. The molecule has 4 rings (SSSR count). The second-order valence-electron chi connectivity index (χ2n) is 12.3. The van der Waals surface area contributed by atoms with E-state index in [2.05, 4.69) is 6.92 Å². The summed E-state index contributed by atoms with van der Waals surface area (Å²) in [7, 11) is 0. The molecule has 196 valence electrons. The molecule has 0 heterocycles. The monoisotopic (exact) mass is 484 g/mol. The third-order valence-electron chi connectivity index (χ3n) is 10.1. The van der Waals surface area contributed by atoms with E-state index >= 15 is 0 Å². The molecule has 35 heavy (non-hydrogen) atoms. The summed E-state index contributed by atoms with van der Waals surface area (Å²) < 4.78 is 29.6. The van der Waals surface area contributed by atoms with Gasteiger partial charge < -0.3 is 0 Å². The van der Waals surface area contributed by atoms with Gasteiger partial charge in [-0.2, -0.15) is 0 Å². The van der Waals surface area contributed by atoms with Crippen LogP contribution < -0.4 is 0 Å². The molecule has 3 aliphatic carbocycles. The van der Waals surface area contributed by atoms with Crippen LogP contribution in [-0.4, -0.2) is 0 Å². The average molecular weight is 485 g/mol. The van der Waals surface area contributed by atoms with Gasteiger partial charge in [0.2, 0.25) is 0 Å². The molecule has 0 N–H and O–H groups in total. The lowest BCUT2D eigenvalue weighted by atomic mass is 9.60. The van der Waals surface area contributed by atoms with Crippen molar-refractivity contribution in [2.24, 2.45) is 29.6 Å². The van der Waals surface area contributed by atoms with Crippen molar-refractivity contribution < 1.29 is 8.78 Å². The lowest BCUT2D eigenvalue weighted by Gasteiger charge is -2.45. The highest BCUT2D eigenvalue weighted by Crippen LogP contribution is 2.50. The summed E-state index contributed by atoms with van der Waals surface area (Å²) in [5.41, 5.74) is 1.15. The summed E-state index contributed by atoms with van der Waals surface area (Å²) in [5, 5.41) is 0. The number of benzene rings is 1. The van der Waals surface area contributed by atoms with E-state index < -0.39 is 11.6 Å². The predicted molar refractivity (Wildman–Crippen MR) is 145 cm³/mol. The Morgan fingerprint density at radius 2 is 1.46 bits per heavy atom. The lowest BCUT2D eigenvalue weighted by Crippen LogP contribution is -2.34. The fourth-order valence-corrected chi connectivity index (χ4v) is 7.99. The second kappa shape index (κ2) is 13.4. The van der Waals surface area contributed by atoms with Crippen LogP contribution in [0.5, 0.6) is 0 Å². The van der Waals surface area contributed by atoms with Gasteiger partial charge in [0.05, 0.1) is 0 Å². The van der Waals surface area contributed by atoms with E-state index in [-0.39, 0.29) is 5.92 Å². The van der Waals surface area contributed by atoms with Gasteiger partial charge in [-0.1, -0.05) is 69.7 Å². The number of aryl methyl sites for hydroxylation is 1. The maximum atomic E-state index is 14.9. The van der Waals surface area contributed by atoms with Crippen LogP contribution in [0.25, 0.3) is 0 Å². The molecule has 0 radical (unpaired) electrons. The van der Waals surface area contributed by atoms with Gasteiger partial charge in [-0.15, -0.1) is 0 Å². The third kappa shape index (κ3) is 6.98. The van der Waals surface area contributed by atoms with Crippen molar-refractivity contribution in [2.45, 2.75) is 129 Å². The first-order valence-corrected chi connectivity index (χ1v) is 15.2. The minimum atomic E-state index is -0.603. The zero-order chi connectivity index (χ0) is 24.6. The molecule has 0 saturated heterocycles. The molecular weight excluding hydrogens is 434 g/mol. The summed E-state index contributed by atoms with van der Waals surface area (Å²) in [6.07, 6.45) is 25.7. The molecule has 4 atom stereocenters. The molecular formula is C33H50F2. The second-order valence-corrected chi connectivity index (χ2v) is 12.3. The van der Waals surface area contributed by atoms with Crippen molar-refractivity contribution in [2.75, 3.05) is 0 Å². The molecule has 0 amide bonds. The normalized spacial score (nSPS) is 31.5. The summed E-state index contributed by atoms with van der Waals surface area (Å²) in [4.78, 5) is 0. The van der Waals surface area contributed by atoms with E-state index in [0.717, 1.165) is 48.9 Å². The van der Waals surface area contributed by atoms with Gasteiger partial charge in [-0.05, 0) is 124 Å². The van der Waals surface area contributed by atoms with Crippen LogP contribution in [0, 0.1) is 41.2 Å². The molecule has 0 aromatic heterocycles. The van der Waals surface area contributed by atoms with Crippen molar-refractivity contribution in [1.29, 1.82) is 0 Å². The third-order valence-corrected chi connectivity index (χ3v) is 10.1. The maximum absolute atomic E-state index is 14.9. The minimum Gasteiger partial charge on any atom is -0.203 e. The Bertz CT molecular complexity index is 804. The van der Waals surface area contributed by atoms with Crippen LogP contribution in [-0.2, 0) is 6.42 Å². The topological polar surface area (TPSA) is 0 Å². The lowest BCUT2D eigenvalue weighted by molar-refractivity contribution is 0.0612. The average Bonchev–Trinajstić information content (AvgIpc) is 2.89. The number of unbranched alkanes of at least 4 members (excludes halogenated alkanes) is 3.